The van der Waals surface area contributed by atoms with Crippen molar-refractivity contribution in [3.8, 4) is 5.75 Å². The van der Waals surface area contributed by atoms with Crippen LogP contribution in [0.4, 0.5) is 5.69 Å². The monoisotopic (exact) mass is 291 g/mol. The van der Waals surface area contributed by atoms with Crippen molar-refractivity contribution < 1.29 is 9.47 Å². The first-order valence-corrected chi connectivity index (χ1v) is 7.67. The van der Waals surface area contributed by atoms with E-state index < -0.39 is 0 Å². The fourth-order valence-corrected chi connectivity index (χ4v) is 3.15. The minimum absolute atomic E-state index is 0.137. The van der Waals surface area contributed by atoms with Gasteiger partial charge < -0.3 is 20.1 Å². The van der Waals surface area contributed by atoms with Crippen LogP contribution in [-0.4, -0.2) is 63.5 Å². The van der Waals surface area contributed by atoms with Gasteiger partial charge in [0.2, 0.25) is 0 Å². The Labute approximate surface area is 126 Å². The third kappa shape index (κ3) is 3.48. The second-order valence-corrected chi connectivity index (χ2v) is 6.13. The number of nitrogens with zero attached hydrogens (tertiary/aromatic N) is 2. The quantitative estimate of drug-likeness (QED) is 0.894. The first-order chi connectivity index (χ1) is 10.2. The van der Waals surface area contributed by atoms with Gasteiger partial charge in [-0.25, -0.2) is 0 Å². The molecular formula is C16H25N3O2. The average molecular weight is 291 g/mol. The molecule has 3 rings (SSSR count). The standard InChI is InChI=1S/C16H25N3O2/c1-20-15-4-2-14(3-5-15)19-9-7-18(8-10-19)12-16(17)6-11-21-13-16/h2-5H,6-13,17H2,1H3. The summed E-state index contributed by atoms with van der Waals surface area (Å²) in [6.45, 7) is 6.67. The summed E-state index contributed by atoms with van der Waals surface area (Å²) in [4.78, 5) is 4.89. The van der Waals surface area contributed by atoms with Crippen LogP contribution < -0.4 is 15.4 Å². The summed E-state index contributed by atoms with van der Waals surface area (Å²) in [6, 6.07) is 8.30. The van der Waals surface area contributed by atoms with E-state index in [2.05, 4.69) is 21.9 Å². The molecule has 1 aromatic rings. The zero-order chi connectivity index (χ0) is 14.7. The van der Waals surface area contributed by atoms with Crippen LogP contribution >= 0.6 is 0 Å². The molecule has 2 aliphatic heterocycles. The zero-order valence-electron chi connectivity index (χ0n) is 12.8. The topological polar surface area (TPSA) is 51.0 Å². The Hall–Kier alpha value is -1.30. The van der Waals surface area contributed by atoms with Crippen LogP contribution in [0.5, 0.6) is 5.75 Å². The fraction of sp³-hybridized carbons (Fsp3) is 0.625. The van der Waals surface area contributed by atoms with Gasteiger partial charge in [0.1, 0.15) is 5.75 Å². The van der Waals surface area contributed by atoms with Gasteiger partial charge in [0.25, 0.3) is 0 Å². The van der Waals surface area contributed by atoms with Gasteiger partial charge in [0.05, 0.1) is 19.3 Å². The van der Waals surface area contributed by atoms with Crippen molar-refractivity contribution in [2.45, 2.75) is 12.0 Å². The van der Waals surface area contributed by atoms with Crippen LogP contribution in [0.15, 0.2) is 24.3 Å². The Balaban J connectivity index is 1.52. The van der Waals surface area contributed by atoms with Crippen molar-refractivity contribution in [1.82, 2.24) is 4.90 Å². The van der Waals surface area contributed by atoms with Crippen molar-refractivity contribution in [2.24, 2.45) is 5.73 Å². The zero-order valence-corrected chi connectivity index (χ0v) is 12.8. The number of benzene rings is 1. The molecule has 0 bridgehead atoms. The SMILES string of the molecule is COc1ccc(N2CCN(CC3(N)CCOC3)CC2)cc1. The van der Waals surface area contributed by atoms with Crippen LogP contribution in [0.1, 0.15) is 6.42 Å². The van der Waals surface area contributed by atoms with Gasteiger partial charge in [-0.3, -0.25) is 4.90 Å². The summed E-state index contributed by atoms with van der Waals surface area (Å²) in [5.41, 5.74) is 7.50. The van der Waals surface area contributed by atoms with Crippen molar-refractivity contribution in [1.29, 1.82) is 0 Å². The van der Waals surface area contributed by atoms with Crippen molar-refractivity contribution in [2.75, 3.05) is 57.9 Å². The average Bonchev–Trinajstić information content (AvgIpc) is 2.94. The lowest BCUT2D eigenvalue weighted by molar-refractivity contribution is 0.149. The summed E-state index contributed by atoms with van der Waals surface area (Å²) >= 11 is 0. The Morgan fingerprint density at radius 3 is 2.48 bits per heavy atom. The first kappa shape index (κ1) is 14.6. The molecule has 0 radical (unpaired) electrons. The van der Waals surface area contributed by atoms with E-state index in [-0.39, 0.29) is 5.54 Å². The second kappa shape index (κ2) is 6.22. The Bertz CT molecular complexity index is 449. The minimum Gasteiger partial charge on any atom is -0.497 e. The lowest BCUT2D eigenvalue weighted by Crippen LogP contribution is -2.55. The van der Waals surface area contributed by atoms with E-state index in [0.29, 0.717) is 6.61 Å². The van der Waals surface area contributed by atoms with E-state index in [1.54, 1.807) is 7.11 Å². The Morgan fingerprint density at radius 1 is 1.19 bits per heavy atom. The second-order valence-electron chi connectivity index (χ2n) is 6.13. The van der Waals surface area contributed by atoms with Crippen LogP contribution in [0.3, 0.4) is 0 Å². The van der Waals surface area contributed by atoms with Gasteiger partial charge in [-0.05, 0) is 30.7 Å². The lowest BCUT2D eigenvalue weighted by Gasteiger charge is -2.39. The molecule has 1 atom stereocenters. The molecule has 0 spiro atoms. The van der Waals surface area contributed by atoms with Crippen molar-refractivity contribution in [3.05, 3.63) is 24.3 Å². The molecule has 2 heterocycles. The molecule has 5 nitrogen and oxygen atoms in total. The predicted octanol–water partition coefficient (Wildman–Crippen LogP) is 0.935. The number of ether oxygens (including phenoxy) is 2. The molecule has 21 heavy (non-hydrogen) atoms. The predicted molar refractivity (Wildman–Crippen MR) is 84.0 cm³/mol. The van der Waals surface area contributed by atoms with Gasteiger partial charge in [0, 0.05) is 45.0 Å². The summed E-state index contributed by atoms with van der Waals surface area (Å²) in [7, 11) is 1.70. The fourth-order valence-electron chi connectivity index (χ4n) is 3.15. The summed E-state index contributed by atoms with van der Waals surface area (Å²) in [6.07, 6.45) is 0.978. The number of hydrogen-bond donors (Lipinski definition) is 1. The van der Waals surface area contributed by atoms with Gasteiger partial charge >= 0.3 is 0 Å². The van der Waals surface area contributed by atoms with Gasteiger partial charge in [0.15, 0.2) is 0 Å². The minimum atomic E-state index is -0.137. The van der Waals surface area contributed by atoms with E-state index in [4.69, 9.17) is 15.2 Å². The number of rotatable bonds is 4. The van der Waals surface area contributed by atoms with E-state index in [0.717, 1.165) is 51.5 Å². The molecule has 0 aliphatic carbocycles. The summed E-state index contributed by atoms with van der Waals surface area (Å²) < 4.78 is 10.6. The highest BCUT2D eigenvalue weighted by Crippen LogP contribution is 2.22. The largest absolute Gasteiger partial charge is 0.497 e. The highest BCUT2D eigenvalue weighted by molar-refractivity contribution is 5.49. The maximum absolute atomic E-state index is 6.37. The van der Waals surface area contributed by atoms with Crippen LogP contribution in [-0.2, 0) is 4.74 Å². The highest BCUT2D eigenvalue weighted by atomic mass is 16.5. The Kier molecular flexibility index (Phi) is 4.33. The van der Waals surface area contributed by atoms with Crippen LogP contribution in [0.2, 0.25) is 0 Å². The molecule has 2 aliphatic rings. The summed E-state index contributed by atoms with van der Waals surface area (Å²) in [5.74, 6) is 0.906. The van der Waals surface area contributed by atoms with Crippen LogP contribution in [0.25, 0.3) is 0 Å². The molecule has 1 unspecified atom stereocenters. The molecule has 0 amide bonds. The number of piperazine rings is 1. The van der Waals surface area contributed by atoms with Gasteiger partial charge in [-0.15, -0.1) is 0 Å². The van der Waals surface area contributed by atoms with E-state index in [1.807, 2.05) is 12.1 Å². The van der Waals surface area contributed by atoms with E-state index in [1.165, 1.54) is 5.69 Å². The molecule has 2 saturated heterocycles. The van der Waals surface area contributed by atoms with Crippen molar-refractivity contribution in [3.63, 3.8) is 0 Å². The number of nitrogens with two attached hydrogens (primary N) is 1. The molecule has 0 saturated carbocycles. The highest BCUT2D eigenvalue weighted by Gasteiger charge is 2.33. The molecule has 116 valence electrons. The number of methoxy groups -OCH3 is 1. The molecule has 5 heteroatoms. The molecule has 1 aromatic carbocycles. The van der Waals surface area contributed by atoms with Crippen molar-refractivity contribution >= 4 is 5.69 Å². The number of anilines is 1. The summed E-state index contributed by atoms with van der Waals surface area (Å²) in [5, 5.41) is 0. The van der Waals surface area contributed by atoms with E-state index in [9.17, 15) is 0 Å². The smallest absolute Gasteiger partial charge is 0.119 e. The van der Waals surface area contributed by atoms with E-state index >= 15 is 0 Å². The van der Waals surface area contributed by atoms with Crippen LogP contribution in [0, 0.1) is 0 Å². The molecule has 2 fully saturated rings. The normalized spacial score (nSPS) is 27.0. The maximum atomic E-state index is 6.37. The third-order valence-corrected chi connectivity index (χ3v) is 4.48. The maximum Gasteiger partial charge on any atom is 0.119 e. The molecule has 0 aromatic heterocycles. The third-order valence-electron chi connectivity index (χ3n) is 4.48. The lowest BCUT2D eigenvalue weighted by atomic mass is 9.99. The Morgan fingerprint density at radius 2 is 1.90 bits per heavy atom. The first-order valence-electron chi connectivity index (χ1n) is 7.67. The number of hydrogen-bond acceptors (Lipinski definition) is 5. The van der Waals surface area contributed by atoms with Gasteiger partial charge in [-0.2, -0.15) is 0 Å². The molecular weight excluding hydrogens is 266 g/mol. The van der Waals surface area contributed by atoms with Gasteiger partial charge in [-0.1, -0.05) is 0 Å². The molecule has 2 N–H and O–H groups in total.